The lowest BCUT2D eigenvalue weighted by atomic mass is 9.79. The molecule has 168 valence electrons. The van der Waals surface area contributed by atoms with Crippen LogP contribution in [0.25, 0.3) is 0 Å². The van der Waals surface area contributed by atoms with E-state index in [0.29, 0.717) is 30.8 Å². The monoisotopic (exact) mass is 435 g/mol. The summed E-state index contributed by atoms with van der Waals surface area (Å²) < 4.78 is 27.7. The molecule has 0 saturated carbocycles. The van der Waals surface area contributed by atoms with Gasteiger partial charge in [0.1, 0.15) is 0 Å². The molecule has 0 aliphatic carbocycles. The Bertz CT molecular complexity index is 884. The van der Waals surface area contributed by atoms with Crippen LogP contribution in [0.1, 0.15) is 64.5 Å². The maximum absolute atomic E-state index is 13.1. The number of sulfonamides is 1. The Morgan fingerprint density at radius 2 is 1.63 bits per heavy atom. The van der Waals surface area contributed by atoms with Crippen molar-refractivity contribution in [3.8, 4) is 0 Å². The molecule has 0 unspecified atom stereocenters. The standard InChI is InChI=1S/C23H37N3O3S/c1-16-7-8-20(17(2)13-16)30(28,29)26-11-9-18(10-12-26)21(27)24-19-14-22(3,4)25-23(5,6)15-19/h7-8,13,18-19,25H,9-12,14-15H2,1-6H3,(H,24,27). The topological polar surface area (TPSA) is 78.5 Å². The Balaban J connectivity index is 1.60. The summed E-state index contributed by atoms with van der Waals surface area (Å²) >= 11 is 0. The van der Waals surface area contributed by atoms with Crippen LogP contribution in [0, 0.1) is 19.8 Å². The lowest BCUT2D eigenvalue weighted by Crippen LogP contribution is -2.62. The van der Waals surface area contributed by atoms with E-state index in [1.165, 1.54) is 4.31 Å². The normalized spacial score (nSPS) is 23.3. The Morgan fingerprint density at radius 3 is 2.17 bits per heavy atom. The van der Waals surface area contributed by atoms with Crippen molar-refractivity contribution in [3.63, 3.8) is 0 Å². The van der Waals surface area contributed by atoms with Crippen LogP contribution in [0.4, 0.5) is 0 Å². The van der Waals surface area contributed by atoms with Gasteiger partial charge < -0.3 is 10.6 Å². The van der Waals surface area contributed by atoms with Crippen molar-refractivity contribution in [1.29, 1.82) is 0 Å². The molecular formula is C23H37N3O3S. The van der Waals surface area contributed by atoms with Gasteiger partial charge in [0.2, 0.25) is 15.9 Å². The molecule has 0 spiro atoms. The lowest BCUT2D eigenvalue weighted by molar-refractivity contribution is -0.127. The molecule has 7 heteroatoms. The summed E-state index contributed by atoms with van der Waals surface area (Å²) in [7, 11) is -3.52. The maximum Gasteiger partial charge on any atom is 0.243 e. The van der Waals surface area contributed by atoms with Crippen molar-refractivity contribution in [2.75, 3.05) is 13.1 Å². The van der Waals surface area contributed by atoms with E-state index in [9.17, 15) is 13.2 Å². The molecule has 0 radical (unpaired) electrons. The molecule has 2 N–H and O–H groups in total. The number of hydrogen-bond acceptors (Lipinski definition) is 4. The number of aryl methyl sites for hydroxylation is 2. The molecule has 1 aromatic carbocycles. The van der Waals surface area contributed by atoms with Gasteiger partial charge in [0.25, 0.3) is 0 Å². The number of piperidine rings is 2. The zero-order chi connectivity index (χ0) is 22.3. The van der Waals surface area contributed by atoms with Crippen LogP contribution in [-0.4, -0.2) is 48.8 Å². The van der Waals surface area contributed by atoms with Crippen LogP contribution in [0.15, 0.2) is 23.1 Å². The number of amides is 1. The van der Waals surface area contributed by atoms with Gasteiger partial charge in [-0.2, -0.15) is 4.31 Å². The van der Waals surface area contributed by atoms with Crippen molar-refractivity contribution >= 4 is 15.9 Å². The van der Waals surface area contributed by atoms with Gasteiger partial charge in [-0.05, 0) is 78.9 Å². The van der Waals surface area contributed by atoms with E-state index in [1.807, 2.05) is 26.0 Å². The van der Waals surface area contributed by atoms with Crippen molar-refractivity contribution < 1.29 is 13.2 Å². The van der Waals surface area contributed by atoms with Crippen molar-refractivity contribution in [2.24, 2.45) is 5.92 Å². The lowest BCUT2D eigenvalue weighted by Gasteiger charge is -2.47. The van der Waals surface area contributed by atoms with Crippen LogP contribution in [0.3, 0.4) is 0 Å². The van der Waals surface area contributed by atoms with Crippen LogP contribution in [0.5, 0.6) is 0 Å². The zero-order valence-corrected chi connectivity index (χ0v) is 20.0. The third-order valence-electron chi connectivity index (χ3n) is 6.31. The smallest absolute Gasteiger partial charge is 0.243 e. The van der Waals surface area contributed by atoms with Crippen LogP contribution in [-0.2, 0) is 14.8 Å². The first-order chi connectivity index (χ1) is 13.8. The van der Waals surface area contributed by atoms with Gasteiger partial charge in [-0.3, -0.25) is 4.79 Å². The number of hydrogen-bond donors (Lipinski definition) is 2. The Hall–Kier alpha value is -1.44. The van der Waals surface area contributed by atoms with Gasteiger partial charge in [0.15, 0.2) is 0 Å². The second-order valence-corrected chi connectivity index (χ2v) is 12.4. The van der Waals surface area contributed by atoms with Crippen molar-refractivity contribution in [1.82, 2.24) is 14.9 Å². The molecule has 0 atom stereocenters. The molecule has 6 nitrogen and oxygen atoms in total. The average molecular weight is 436 g/mol. The third-order valence-corrected chi connectivity index (χ3v) is 8.37. The number of carbonyl (C=O) groups is 1. The van der Waals surface area contributed by atoms with Crippen molar-refractivity contribution in [3.05, 3.63) is 29.3 Å². The Labute approximate surface area is 181 Å². The maximum atomic E-state index is 13.1. The fourth-order valence-corrected chi connectivity index (χ4v) is 7.01. The van der Waals surface area contributed by atoms with Crippen LogP contribution >= 0.6 is 0 Å². The molecule has 2 heterocycles. The van der Waals surface area contributed by atoms with Crippen LogP contribution < -0.4 is 10.6 Å². The Morgan fingerprint density at radius 1 is 1.07 bits per heavy atom. The van der Waals surface area contributed by atoms with E-state index >= 15 is 0 Å². The SMILES string of the molecule is Cc1ccc(S(=O)(=O)N2CCC(C(=O)NC3CC(C)(C)NC(C)(C)C3)CC2)c(C)c1. The number of nitrogens with zero attached hydrogens (tertiary/aromatic N) is 1. The molecule has 2 saturated heterocycles. The van der Waals surface area contributed by atoms with Crippen LogP contribution in [0.2, 0.25) is 0 Å². The van der Waals surface area contributed by atoms with Gasteiger partial charge >= 0.3 is 0 Å². The number of rotatable bonds is 4. The first-order valence-electron chi connectivity index (χ1n) is 11.0. The molecule has 1 aromatic rings. The first kappa shape index (κ1) is 23.2. The molecular weight excluding hydrogens is 398 g/mol. The molecule has 2 aliphatic rings. The van der Waals surface area contributed by atoms with E-state index in [-0.39, 0.29) is 28.9 Å². The van der Waals surface area contributed by atoms with E-state index < -0.39 is 10.0 Å². The highest BCUT2D eigenvalue weighted by molar-refractivity contribution is 7.89. The highest BCUT2D eigenvalue weighted by Crippen LogP contribution is 2.30. The zero-order valence-electron chi connectivity index (χ0n) is 19.2. The quantitative estimate of drug-likeness (QED) is 0.762. The molecule has 2 aliphatic heterocycles. The molecule has 0 bridgehead atoms. The van der Waals surface area contributed by atoms with E-state index in [4.69, 9.17) is 0 Å². The van der Waals surface area contributed by atoms with Gasteiger partial charge in [0.05, 0.1) is 4.90 Å². The van der Waals surface area contributed by atoms with Gasteiger partial charge in [-0.25, -0.2) is 8.42 Å². The van der Waals surface area contributed by atoms with E-state index in [2.05, 4.69) is 38.3 Å². The summed E-state index contributed by atoms with van der Waals surface area (Å²) in [5.74, 6) is -0.0614. The predicted octanol–water partition coefficient (Wildman–Crippen LogP) is 3.13. The predicted molar refractivity (Wildman–Crippen MR) is 120 cm³/mol. The molecule has 0 aromatic heterocycles. The Kier molecular flexibility index (Phi) is 6.38. The highest BCUT2D eigenvalue weighted by Gasteiger charge is 2.39. The average Bonchev–Trinajstić information content (AvgIpc) is 2.58. The summed E-state index contributed by atoms with van der Waals surface area (Å²) in [5.41, 5.74) is 1.77. The van der Waals surface area contributed by atoms with Gasteiger partial charge in [-0.15, -0.1) is 0 Å². The minimum Gasteiger partial charge on any atom is -0.353 e. The highest BCUT2D eigenvalue weighted by atomic mass is 32.2. The molecule has 1 amide bonds. The minimum atomic E-state index is -3.52. The summed E-state index contributed by atoms with van der Waals surface area (Å²) in [5, 5.41) is 6.89. The van der Waals surface area contributed by atoms with Gasteiger partial charge in [0, 0.05) is 36.1 Å². The van der Waals surface area contributed by atoms with E-state index in [1.54, 1.807) is 6.07 Å². The molecule has 3 rings (SSSR count). The fraction of sp³-hybridized carbons (Fsp3) is 0.696. The van der Waals surface area contributed by atoms with Gasteiger partial charge in [-0.1, -0.05) is 17.7 Å². The summed E-state index contributed by atoms with van der Waals surface area (Å²) in [4.78, 5) is 13.3. The number of carbonyl (C=O) groups excluding carboxylic acids is 1. The minimum absolute atomic E-state index is 0.0248. The number of benzene rings is 1. The first-order valence-corrected chi connectivity index (χ1v) is 12.4. The van der Waals surface area contributed by atoms with E-state index in [0.717, 1.165) is 24.0 Å². The summed E-state index contributed by atoms with van der Waals surface area (Å²) in [6, 6.07) is 5.57. The second-order valence-electron chi connectivity index (χ2n) is 10.5. The molecule has 30 heavy (non-hydrogen) atoms. The summed E-state index contributed by atoms with van der Waals surface area (Å²) in [6.07, 6.45) is 2.91. The third kappa shape index (κ3) is 5.24. The molecule has 2 fully saturated rings. The number of nitrogens with one attached hydrogen (secondary N) is 2. The van der Waals surface area contributed by atoms with Crippen molar-refractivity contribution in [2.45, 2.75) is 89.2 Å². The fourth-order valence-electron chi connectivity index (χ4n) is 5.33. The second kappa shape index (κ2) is 8.24. The largest absolute Gasteiger partial charge is 0.353 e. The summed E-state index contributed by atoms with van der Waals surface area (Å²) in [6.45, 7) is 13.2.